The highest BCUT2D eigenvalue weighted by Gasteiger charge is 2.18. The first-order valence-electron chi connectivity index (χ1n) is 7.85. The molecule has 130 valence electrons. The summed E-state index contributed by atoms with van der Waals surface area (Å²) in [5, 5.41) is 0. The maximum atomic E-state index is 13.0. The van der Waals surface area contributed by atoms with Gasteiger partial charge in [0.05, 0.1) is 16.8 Å². The van der Waals surface area contributed by atoms with Crippen molar-refractivity contribution >= 4 is 22.9 Å². The monoisotopic (exact) mass is 367 g/mol. The molecule has 0 fully saturated rings. The Bertz CT molecular complexity index is 1090. The molecule has 4 aromatic rings. The van der Waals surface area contributed by atoms with E-state index in [4.69, 9.17) is 10.5 Å². The fraction of sp³-hybridized carbons (Fsp3) is 0.0526. The summed E-state index contributed by atoms with van der Waals surface area (Å²) in [5.41, 5.74) is 7.96. The van der Waals surface area contributed by atoms with Crippen LogP contribution in [0, 0.1) is 5.82 Å². The summed E-state index contributed by atoms with van der Waals surface area (Å²) in [5.74, 6) is -0.450. The highest BCUT2D eigenvalue weighted by molar-refractivity contribution is 7.17. The van der Waals surface area contributed by atoms with Crippen molar-refractivity contribution < 1.29 is 13.9 Å². The Labute approximate surface area is 152 Å². The lowest BCUT2D eigenvalue weighted by Gasteiger charge is -2.05. The van der Waals surface area contributed by atoms with Crippen LogP contribution >= 0.6 is 11.3 Å². The van der Waals surface area contributed by atoms with Crippen LogP contribution in [0.3, 0.4) is 0 Å². The predicted octanol–water partition coefficient (Wildman–Crippen LogP) is 3.88. The fourth-order valence-electron chi connectivity index (χ4n) is 2.64. The molecular weight excluding hydrogens is 353 g/mol. The number of primary amides is 1. The van der Waals surface area contributed by atoms with Crippen LogP contribution in [0.25, 0.3) is 16.2 Å². The molecule has 0 aliphatic rings. The second kappa shape index (κ2) is 6.61. The molecule has 3 heterocycles. The maximum absolute atomic E-state index is 13.0. The van der Waals surface area contributed by atoms with E-state index in [1.54, 1.807) is 24.4 Å². The summed E-state index contributed by atoms with van der Waals surface area (Å²) in [6.07, 6.45) is 3.65. The average molecular weight is 367 g/mol. The smallest absolute Gasteiger partial charge is 0.262 e. The number of benzene rings is 1. The first-order valence-corrected chi connectivity index (χ1v) is 8.67. The number of halogens is 1. The SMILES string of the molecule is NC(=O)c1sc(-c2cnc3ccccn23)cc1OCc1ccc(F)cc1. The predicted molar refractivity (Wildman–Crippen MR) is 97.8 cm³/mol. The Kier molecular flexibility index (Phi) is 4.14. The van der Waals surface area contributed by atoms with Crippen molar-refractivity contribution in [3.63, 3.8) is 0 Å². The molecule has 3 aromatic heterocycles. The molecule has 1 amide bonds. The Morgan fingerprint density at radius 3 is 2.81 bits per heavy atom. The summed E-state index contributed by atoms with van der Waals surface area (Å²) in [6.45, 7) is 0.212. The summed E-state index contributed by atoms with van der Waals surface area (Å²) in [6, 6.07) is 13.5. The van der Waals surface area contributed by atoms with Gasteiger partial charge >= 0.3 is 0 Å². The number of hydrogen-bond donors (Lipinski definition) is 1. The standard InChI is InChI=1S/C19H14FN3O2S/c20-13-6-4-12(5-7-13)11-25-15-9-16(26-18(15)19(21)24)14-10-22-17-3-1-2-8-23(14)17/h1-10H,11H2,(H2,21,24). The first kappa shape index (κ1) is 16.3. The van der Waals surface area contributed by atoms with Crippen molar-refractivity contribution in [1.82, 2.24) is 9.38 Å². The summed E-state index contributed by atoms with van der Waals surface area (Å²) in [7, 11) is 0. The Balaban J connectivity index is 1.67. The molecule has 1 aromatic carbocycles. The molecule has 2 N–H and O–H groups in total. The van der Waals surface area contributed by atoms with Crippen molar-refractivity contribution in [1.29, 1.82) is 0 Å². The minimum absolute atomic E-state index is 0.212. The molecule has 5 nitrogen and oxygen atoms in total. The summed E-state index contributed by atoms with van der Waals surface area (Å²) in [4.78, 5) is 17.3. The molecule has 0 saturated carbocycles. The highest BCUT2D eigenvalue weighted by atomic mass is 32.1. The molecule has 7 heteroatoms. The van der Waals surface area contributed by atoms with E-state index in [9.17, 15) is 9.18 Å². The van der Waals surface area contributed by atoms with Gasteiger partial charge in [-0.2, -0.15) is 0 Å². The number of ether oxygens (including phenoxy) is 1. The van der Waals surface area contributed by atoms with E-state index >= 15 is 0 Å². The highest BCUT2D eigenvalue weighted by Crippen LogP contribution is 2.36. The number of hydrogen-bond acceptors (Lipinski definition) is 4. The minimum atomic E-state index is -0.552. The maximum Gasteiger partial charge on any atom is 0.262 e. The van der Waals surface area contributed by atoms with Crippen LogP contribution in [-0.2, 0) is 6.61 Å². The molecule has 0 saturated heterocycles. The molecule has 4 rings (SSSR count). The van der Waals surface area contributed by atoms with Gasteiger partial charge in [-0.05, 0) is 29.8 Å². The van der Waals surface area contributed by atoms with Crippen LogP contribution in [0.4, 0.5) is 4.39 Å². The lowest BCUT2D eigenvalue weighted by Crippen LogP contribution is -2.10. The molecule has 0 unspecified atom stereocenters. The number of fused-ring (bicyclic) bond motifs is 1. The van der Waals surface area contributed by atoms with Crippen molar-refractivity contribution in [2.24, 2.45) is 5.73 Å². The number of rotatable bonds is 5. The van der Waals surface area contributed by atoms with E-state index < -0.39 is 5.91 Å². The van der Waals surface area contributed by atoms with E-state index in [-0.39, 0.29) is 12.4 Å². The van der Waals surface area contributed by atoms with E-state index in [0.29, 0.717) is 10.6 Å². The van der Waals surface area contributed by atoms with Crippen molar-refractivity contribution in [3.05, 3.63) is 77.2 Å². The third-order valence-electron chi connectivity index (χ3n) is 3.90. The lowest BCUT2D eigenvalue weighted by molar-refractivity contribution is 0.1000. The van der Waals surface area contributed by atoms with Crippen LogP contribution in [-0.4, -0.2) is 15.3 Å². The lowest BCUT2D eigenvalue weighted by atomic mass is 10.2. The van der Waals surface area contributed by atoms with Crippen molar-refractivity contribution in [3.8, 4) is 16.3 Å². The van der Waals surface area contributed by atoms with Gasteiger partial charge in [-0.25, -0.2) is 9.37 Å². The molecule has 0 spiro atoms. The minimum Gasteiger partial charge on any atom is -0.487 e. The van der Waals surface area contributed by atoms with Crippen LogP contribution < -0.4 is 10.5 Å². The zero-order chi connectivity index (χ0) is 18.1. The van der Waals surface area contributed by atoms with Crippen molar-refractivity contribution in [2.75, 3.05) is 0 Å². The first-order chi connectivity index (χ1) is 12.6. The van der Waals surface area contributed by atoms with Gasteiger partial charge in [0.25, 0.3) is 5.91 Å². The molecular formula is C19H14FN3O2S. The van der Waals surface area contributed by atoms with Gasteiger partial charge < -0.3 is 10.5 Å². The van der Waals surface area contributed by atoms with E-state index in [1.807, 2.05) is 28.8 Å². The topological polar surface area (TPSA) is 69.6 Å². The van der Waals surface area contributed by atoms with Gasteiger partial charge in [-0.15, -0.1) is 11.3 Å². The number of imidazole rings is 1. The zero-order valence-corrected chi connectivity index (χ0v) is 14.4. The quantitative estimate of drug-likeness (QED) is 0.582. The molecule has 0 bridgehead atoms. The van der Waals surface area contributed by atoms with Gasteiger partial charge in [0.1, 0.15) is 28.7 Å². The van der Waals surface area contributed by atoms with Crippen LogP contribution in [0.2, 0.25) is 0 Å². The number of nitrogens with zero attached hydrogens (tertiary/aromatic N) is 2. The Morgan fingerprint density at radius 1 is 1.23 bits per heavy atom. The van der Waals surface area contributed by atoms with Gasteiger partial charge in [-0.1, -0.05) is 18.2 Å². The normalized spacial score (nSPS) is 11.0. The molecule has 0 atom stereocenters. The summed E-state index contributed by atoms with van der Waals surface area (Å²) < 4.78 is 20.7. The number of aromatic nitrogens is 2. The van der Waals surface area contributed by atoms with Crippen LogP contribution in [0.5, 0.6) is 5.75 Å². The number of pyridine rings is 1. The third kappa shape index (κ3) is 3.04. The number of carbonyl (C=O) groups is 1. The zero-order valence-electron chi connectivity index (χ0n) is 13.6. The largest absolute Gasteiger partial charge is 0.487 e. The number of nitrogens with two attached hydrogens (primary N) is 1. The van der Waals surface area contributed by atoms with Gasteiger partial charge in [0.2, 0.25) is 0 Å². The third-order valence-corrected chi connectivity index (χ3v) is 5.05. The van der Waals surface area contributed by atoms with Gasteiger partial charge in [0.15, 0.2) is 0 Å². The van der Waals surface area contributed by atoms with Crippen LogP contribution in [0.1, 0.15) is 15.2 Å². The van der Waals surface area contributed by atoms with Gasteiger partial charge in [0, 0.05) is 12.3 Å². The second-order valence-corrected chi connectivity index (χ2v) is 6.71. The molecule has 0 aliphatic heterocycles. The van der Waals surface area contributed by atoms with E-state index in [1.165, 1.54) is 23.5 Å². The molecule has 0 aliphatic carbocycles. The van der Waals surface area contributed by atoms with Gasteiger partial charge in [-0.3, -0.25) is 9.20 Å². The second-order valence-electron chi connectivity index (χ2n) is 5.66. The Morgan fingerprint density at radius 2 is 2.04 bits per heavy atom. The van der Waals surface area contributed by atoms with Crippen molar-refractivity contribution in [2.45, 2.75) is 6.61 Å². The number of thiophene rings is 1. The fourth-order valence-corrected chi connectivity index (χ4v) is 3.60. The summed E-state index contributed by atoms with van der Waals surface area (Å²) >= 11 is 1.26. The number of carbonyl (C=O) groups excluding carboxylic acids is 1. The van der Waals surface area contributed by atoms with Crippen LogP contribution in [0.15, 0.2) is 60.9 Å². The Hall–Kier alpha value is -3.19. The average Bonchev–Trinajstić information content (AvgIpc) is 3.25. The van der Waals surface area contributed by atoms with E-state index in [0.717, 1.165) is 21.8 Å². The van der Waals surface area contributed by atoms with E-state index in [2.05, 4.69) is 4.98 Å². The molecule has 26 heavy (non-hydrogen) atoms. The molecule has 0 radical (unpaired) electrons. The number of amides is 1.